The number of rotatable bonds is 3. The monoisotopic (exact) mass is 238 g/mol. The van der Waals surface area contributed by atoms with Crippen molar-refractivity contribution in [3.05, 3.63) is 49.1 Å². The Morgan fingerprint density at radius 3 is 2.94 bits per heavy atom. The SMILES string of the molecule is CCNc1ccc2nc(-c3cccnc3)cn2c1. The van der Waals surface area contributed by atoms with E-state index in [4.69, 9.17) is 0 Å². The molecule has 0 spiro atoms. The van der Waals surface area contributed by atoms with Crippen LogP contribution in [0.25, 0.3) is 16.9 Å². The lowest BCUT2D eigenvalue weighted by Gasteiger charge is -2.02. The highest BCUT2D eigenvalue weighted by Crippen LogP contribution is 2.19. The molecule has 0 aliphatic rings. The van der Waals surface area contributed by atoms with Crippen LogP contribution >= 0.6 is 0 Å². The largest absolute Gasteiger partial charge is 0.384 e. The fourth-order valence-corrected chi connectivity index (χ4v) is 1.95. The number of aromatic nitrogens is 3. The standard InChI is InChI=1S/C14H14N4/c1-2-16-12-5-6-14-17-13(10-18(14)9-12)11-4-3-7-15-8-11/h3-10,16H,2H2,1H3. The van der Waals surface area contributed by atoms with Gasteiger partial charge < -0.3 is 9.72 Å². The average molecular weight is 238 g/mol. The van der Waals surface area contributed by atoms with Gasteiger partial charge in [0.1, 0.15) is 5.65 Å². The topological polar surface area (TPSA) is 42.2 Å². The minimum atomic E-state index is 0.912. The highest BCUT2D eigenvalue weighted by Gasteiger charge is 2.04. The van der Waals surface area contributed by atoms with Crippen molar-refractivity contribution in [2.45, 2.75) is 6.92 Å². The summed E-state index contributed by atoms with van der Waals surface area (Å²) < 4.78 is 2.03. The molecule has 0 aliphatic heterocycles. The number of fused-ring (bicyclic) bond motifs is 1. The Labute approximate surface area is 105 Å². The molecule has 90 valence electrons. The van der Waals surface area contributed by atoms with Gasteiger partial charge in [-0.3, -0.25) is 4.98 Å². The molecular weight excluding hydrogens is 224 g/mol. The fraction of sp³-hybridized carbons (Fsp3) is 0.143. The second-order valence-electron chi connectivity index (χ2n) is 4.08. The van der Waals surface area contributed by atoms with Gasteiger partial charge in [0.2, 0.25) is 0 Å². The summed E-state index contributed by atoms with van der Waals surface area (Å²) in [7, 11) is 0. The van der Waals surface area contributed by atoms with E-state index < -0.39 is 0 Å². The number of hydrogen-bond donors (Lipinski definition) is 1. The summed E-state index contributed by atoms with van der Waals surface area (Å²) in [6, 6.07) is 7.99. The quantitative estimate of drug-likeness (QED) is 0.763. The van der Waals surface area contributed by atoms with E-state index in [0.717, 1.165) is 29.1 Å². The molecule has 18 heavy (non-hydrogen) atoms. The van der Waals surface area contributed by atoms with Gasteiger partial charge in [0.05, 0.1) is 11.4 Å². The van der Waals surface area contributed by atoms with Gasteiger partial charge in [-0.1, -0.05) is 0 Å². The second-order valence-corrected chi connectivity index (χ2v) is 4.08. The van der Waals surface area contributed by atoms with Gasteiger partial charge in [-0.15, -0.1) is 0 Å². The lowest BCUT2D eigenvalue weighted by molar-refractivity contribution is 1.15. The summed E-state index contributed by atoms with van der Waals surface area (Å²) in [6.07, 6.45) is 7.66. The highest BCUT2D eigenvalue weighted by atomic mass is 15.0. The molecule has 0 saturated carbocycles. The molecule has 4 nitrogen and oxygen atoms in total. The maximum absolute atomic E-state index is 4.58. The molecule has 0 saturated heterocycles. The van der Waals surface area contributed by atoms with Crippen molar-refractivity contribution >= 4 is 11.3 Å². The van der Waals surface area contributed by atoms with Crippen molar-refractivity contribution in [3.8, 4) is 11.3 Å². The molecule has 0 aliphatic carbocycles. The van der Waals surface area contributed by atoms with Crippen LogP contribution in [0.3, 0.4) is 0 Å². The van der Waals surface area contributed by atoms with E-state index >= 15 is 0 Å². The maximum Gasteiger partial charge on any atom is 0.137 e. The summed E-state index contributed by atoms with van der Waals surface area (Å²) in [6.45, 7) is 2.99. The Morgan fingerprint density at radius 1 is 1.22 bits per heavy atom. The van der Waals surface area contributed by atoms with Crippen LogP contribution in [-0.2, 0) is 0 Å². The van der Waals surface area contributed by atoms with Crippen LogP contribution in [0.4, 0.5) is 5.69 Å². The molecule has 0 aromatic carbocycles. The van der Waals surface area contributed by atoms with Crippen molar-refractivity contribution in [1.82, 2.24) is 14.4 Å². The first-order valence-electron chi connectivity index (χ1n) is 6.00. The fourth-order valence-electron chi connectivity index (χ4n) is 1.95. The molecule has 3 rings (SSSR count). The van der Waals surface area contributed by atoms with E-state index in [1.165, 1.54) is 0 Å². The van der Waals surface area contributed by atoms with Crippen molar-refractivity contribution in [2.24, 2.45) is 0 Å². The lowest BCUT2D eigenvalue weighted by atomic mass is 10.2. The lowest BCUT2D eigenvalue weighted by Crippen LogP contribution is -1.97. The van der Waals surface area contributed by atoms with Crippen LogP contribution in [0, 0.1) is 0 Å². The van der Waals surface area contributed by atoms with Gasteiger partial charge >= 0.3 is 0 Å². The summed E-state index contributed by atoms with van der Waals surface area (Å²) in [5.41, 5.74) is 4.01. The van der Waals surface area contributed by atoms with E-state index in [0.29, 0.717) is 0 Å². The van der Waals surface area contributed by atoms with Gasteiger partial charge in [0.25, 0.3) is 0 Å². The van der Waals surface area contributed by atoms with Gasteiger partial charge in [-0.05, 0) is 31.2 Å². The van der Waals surface area contributed by atoms with Crippen LogP contribution in [0.15, 0.2) is 49.1 Å². The number of imidazole rings is 1. The highest BCUT2D eigenvalue weighted by molar-refractivity contribution is 5.62. The van der Waals surface area contributed by atoms with Crippen molar-refractivity contribution in [2.75, 3.05) is 11.9 Å². The van der Waals surface area contributed by atoms with Crippen LogP contribution < -0.4 is 5.32 Å². The number of anilines is 1. The number of pyridine rings is 2. The summed E-state index contributed by atoms with van der Waals surface area (Å²) in [5.74, 6) is 0. The number of nitrogens with one attached hydrogen (secondary N) is 1. The van der Waals surface area contributed by atoms with E-state index in [1.54, 1.807) is 6.20 Å². The molecule has 0 radical (unpaired) electrons. The van der Waals surface area contributed by atoms with E-state index in [9.17, 15) is 0 Å². The van der Waals surface area contributed by atoms with E-state index in [2.05, 4.69) is 22.2 Å². The van der Waals surface area contributed by atoms with E-state index in [1.807, 2.05) is 47.3 Å². The predicted molar refractivity (Wildman–Crippen MR) is 72.6 cm³/mol. The Bertz CT molecular complexity index is 658. The second kappa shape index (κ2) is 4.49. The molecule has 0 bridgehead atoms. The number of nitrogens with zero attached hydrogens (tertiary/aromatic N) is 3. The average Bonchev–Trinajstić information content (AvgIpc) is 2.83. The minimum Gasteiger partial charge on any atom is -0.384 e. The zero-order chi connectivity index (χ0) is 12.4. The molecule has 1 N–H and O–H groups in total. The van der Waals surface area contributed by atoms with Gasteiger partial charge in [-0.25, -0.2) is 4.98 Å². The zero-order valence-corrected chi connectivity index (χ0v) is 10.2. The minimum absolute atomic E-state index is 0.912. The zero-order valence-electron chi connectivity index (χ0n) is 10.2. The summed E-state index contributed by atoms with van der Waals surface area (Å²) in [5, 5.41) is 3.29. The van der Waals surface area contributed by atoms with Gasteiger partial charge in [0, 0.05) is 36.9 Å². The molecule has 3 heterocycles. The van der Waals surface area contributed by atoms with Crippen molar-refractivity contribution in [1.29, 1.82) is 0 Å². The third-order valence-electron chi connectivity index (χ3n) is 2.79. The van der Waals surface area contributed by atoms with E-state index in [-0.39, 0.29) is 0 Å². The maximum atomic E-state index is 4.58. The first-order valence-corrected chi connectivity index (χ1v) is 6.00. The number of hydrogen-bond acceptors (Lipinski definition) is 3. The van der Waals surface area contributed by atoms with Crippen LogP contribution in [0.5, 0.6) is 0 Å². The molecular formula is C14H14N4. The Hall–Kier alpha value is -2.36. The predicted octanol–water partition coefficient (Wildman–Crippen LogP) is 2.83. The normalized spacial score (nSPS) is 10.7. The summed E-state index contributed by atoms with van der Waals surface area (Å²) in [4.78, 5) is 8.70. The Kier molecular flexibility index (Phi) is 2.68. The third kappa shape index (κ3) is 1.93. The van der Waals surface area contributed by atoms with Crippen LogP contribution in [-0.4, -0.2) is 20.9 Å². The smallest absolute Gasteiger partial charge is 0.137 e. The molecule has 4 heteroatoms. The third-order valence-corrected chi connectivity index (χ3v) is 2.79. The molecule has 3 aromatic rings. The van der Waals surface area contributed by atoms with Crippen LogP contribution in [0.2, 0.25) is 0 Å². The Balaban J connectivity index is 2.06. The first-order chi connectivity index (χ1) is 8.86. The Morgan fingerprint density at radius 2 is 2.17 bits per heavy atom. The molecule has 0 amide bonds. The molecule has 0 unspecified atom stereocenters. The van der Waals surface area contributed by atoms with Gasteiger partial charge in [0.15, 0.2) is 0 Å². The first kappa shape index (κ1) is 10.8. The van der Waals surface area contributed by atoms with Crippen molar-refractivity contribution < 1.29 is 0 Å². The molecule has 0 fully saturated rings. The molecule has 0 atom stereocenters. The summed E-state index contributed by atoms with van der Waals surface area (Å²) >= 11 is 0. The van der Waals surface area contributed by atoms with Crippen LogP contribution in [0.1, 0.15) is 6.92 Å². The van der Waals surface area contributed by atoms with Crippen molar-refractivity contribution in [3.63, 3.8) is 0 Å². The van der Waals surface area contributed by atoms with Gasteiger partial charge in [-0.2, -0.15) is 0 Å². The molecule has 3 aromatic heterocycles.